The maximum Gasteiger partial charge on any atom is 0.241 e. The van der Waals surface area contributed by atoms with Gasteiger partial charge in [-0.15, -0.1) is 0 Å². The Morgan fingerprint density at radius 3 is 2.43 bits per heavy atom. The summed E-state index contributed by atoms with van der Waals surface area (Å²) in [5.74, 6) is -1.17. The minimum Gasteiger partial charge on any atom is -0.325 e. The van der Waals surface area contributed by atoms with Crippen molar-refractivity contribution >= 4 is 23.2 Å². The number of halogens is 1. The van der Waals surface area contributed by atoms with E-state index >= 15 is 0 Å². The number of hydrogen-bond donors (Lipinski definition) is 1. The molecule has 0 heterocycles. The van der Waals surface area contributed by atoms with Gasteiger partial charge < -0.3 is 10.2 Å². The molecule has 0 aliphatic carbocycles. The number of amides is 2. The predicted octanol–water partition coefficient (Wildman–Crippen LogP) is 2.95. The van der Waals surface area contributed by atoms with Crippen LogP contribution >= 0.6 is 0 Å². The molecule has 0 radical (unpaired) electrons. The summed E-state index contributed by atoms with van der Waals surface area (Å²) in [5, 5.41) is 11.6. The molecule has 0 bridgehead atoms. The summed E-state index contributed by atoms with van der Waals surface area (Å²) in [4.78, 5) is 27.6. The molecule has 0 atom stereocenters. The second-order valence-corrected chi connectivity index (χ2v) is 6.49. The van der Waals surface area contributed by atoms with Crippen molar-refractivity contribution in [1.29, 1.82) is 5.26 Å². The first-order valence-electron chi connectivity index (χ1n) is 8.87. The molecular formula is C21H23FN4O2. The van der Waals surface area contributed by atoms with Gasteiger partial charge in [0.2, 0.25) is 11.8 Å². The van der Waals surface area contributed by atoms with Gasteiger partial charge in [0.1, 0.15) is 5.82 Å². The highest BCUT2D eigenvalue weighted by atomic mass is 19.1. The van der Waals surface area contributed by atoms with E-state index in [0.717, 1.165) is 5.56 Å². The Kier molecular flexibility index (Phi) is 7.66. The monoisotopic (exact) mass is 382 g/mol. The van der Waals surface area contributed by atoms with E-state index in [-0.39, 0.29) is 43.6 Å². The first-order valence-corrected chi connectivity index (χ1v) is 8.87. The third-order valence-electron chi connectivity index (χ3n) is 4.05. The number of para-hydroxylation sites is 1. The molecule has 146 valence electrons. The molecule has 2 aromatic carbocycles. The molecule has 0 aliphatic rings. The van der Waals surface area contributed by atoms with Crippen molar-refractivity contribution in [1.82, 2.24) is 4.90 Å². The highest BCUT2D eigenvalue weighted by Gasteiger charge is 2.20. The van der Waals surface area contributed by atoms with Gasteiger partial charge in [-0.25, -0.2) is 4.39 Å². The molecule has 0 aromatic heterocycles. The zero-order valence-corrected chi connectivity index (χ0v) is 16.0. The summed E-state index contributed by atoms with van der Waals surface area (Å²) in [6, 6.07) is 15.3. The molecule has 2 amide bonds. The molecule has 0 unspecified atom stereocenters. The Balaban J connectivity index is 1.97. The lowest BCUT2D eigenvalue weighted by molar-refractivity contribution is -0.121. The number of carbonyl (C=O) groups is 2. The van der Waals surface area contributed by atoms with E-state index in [1.807, 2.05) is 25.1 Å². The van der Waals surface area contributed by atoms with E-state index in [0.29, 0.717) is 5.69 Å². The summed E-state index contributed by atoms with van der Waals surface area (Å²) in [5.41, 5.74) is 1.89. The molecule has 2 aromatic rings. The van der Waals surface area contributed by atoms with Crippen LogP contribution in [-0.4, -0.2) is 43.4 Å². The molecule has 0 saturated carbocycles. The summed E-state index contributed by atoms with van der Waals surface area (Å²) < 4.78 is 14.1. The number of likely N-dealkylation sites (N-methyl/N-ethyl adjacent to an activating group) is 1. The van der Waals surface area contributed by atoms with Crippen molar-refractivity contribution in [3.05, 3.63) is 59.9 Å². The fourth-order valence-electron chi connectivity index (χ4n) is 2.67. The number of benzene rings is 2. The Morgan fingerprint density at radius 2 is 1.79 bits per heavy atom. The van der Waals surface area contributed by atoms with Gasteiger partial charge in [0.05, 0.1) is 31.3 Å². The highest BCUT2D eigenvalue weighted by molar-refractivity contribution is 5.96. The highest BCUT2D eigenvalue weighted by Crippen LogP contribution is 2.19. The quantitative estimate of drug-likeness (QED) is 0.762. The van der Waals surface area contributed by atoms with Gasteiger partial charge in [0.25, 0.3) is 0 Å². The van der Waals surface area contributed by atoms with Gasteiger partial charge in [-0.05, 0) is 38.2 Å². The molecule has 7 heteroatoms. The summed E-state index contributed by atoms with van der Waals surface area (Å²) in [6.45, 7) is 1.96. The van der Waals surface area contributed by atoms with Gasteiger partial charge in [-0.1, -0.05) is 29.8 Å². The van der Waals surface area contributed by atoms with Crippen molar-refractivity contribution in [2.75, 3.05) is 36.9 Å². The Morgan fingerprint density at radius 1 is 1.11 bits per heavy atom. The van der Waals surface area contributed by atoms with E-state index < -0.39 is 5.82 Å². The number of rotatable bonds is 8. The fraction of sp³-hybridized carbons (Fsp3) is 0.286. The molecular weight excluding hydrogens is 359 g/mol. The van der Waals surface area contributed by atoms with Gasteiger partial charge in [0, 0.05) is 12.2 Å². The van der Waals surface area contributed by atoms with E-state index in [1.165, 1.54) is 23.1 Å². The third kappa shape index (κ3) is 6.18. The summed E-state index contributed by atoms with van der Waals surface area (Å²) >= 11 is 0. The van der Waals surface area contributed by atoms with Crippen LogP contribution in [0.4, 0.5) is 15.8 Å². The normalized spacial score (nSPS) is 10.4. The van der Waals surface area contributed by atoms with Crippen molar-refractivity contribution in [3.8, 4) is 6.07 Å². The second kappa shape index (κ2) is 10.2. The maximum absolute atomic E-state index is 14.1. The van der Waals surface area contributed by atoms with Crippen molar-refractivity contribution < 1.29 is 14.0 Å². The molecule has 0 aliphatic heterocycles. The van der Waals surface area contributed by atoms with E-state index in [2.05, 4.69) is 5.32 Å². The fourth-order valence-corrected chi connectivity index (χ4v) is 2.67. The van der Waals surface area contributed by atoms with E-state index in [4.69, 9.17) is 5.26 Å². The topological polar surface area (TPSA) is 76.4 Å². The number of aryl methyl sites for hydroxylation is 1. The van der Waals surface area contributed by atoms with Gasteiger partial charge in [0.15, 0.2) is 0 Å². The number of nitrogens with one attached hydrogen (secondary N) is 1. The lowest BCUT2D eigenvalue weighted by Crippen LogP contribution is -2.42. The van der Waals surface area contributed by atoms with Crippen LogP contribution in [-0.2, 0) is 9.59 Å². The number of nitriles is 1. The standard InChI is InChI=1S/C21H23FN4O2/c1-16-8-10-17(11-9-16)24-20(27)14-25(2)15-21(28)26(13-5-12-23)19-7-4-3-6-18(19)22/h3-4,6-11H,5,13-15H2,1-2H3,(H,24,27). The number of nitrogens with zero attached hydrogens (tertiary/aromatic N) is 3. The van der Waals surface area contributed by atoms with Crippen LogP contribution in [0, 0.1) is 24.1 Å². The smallest absolute Gasteiger partial charge is 0.241 e. The zero-order valence-electron chi connectivity index (χ0n) is 16.0. The third-order valence-corrected chi connectivity index (χ3v) is 4.05. The molecule has 1 N–H and O–H groups in total. The average molecular weight is 382 g/mol. The molecule has 6 nitrogen and oxygen atoms in total. The maximum atomic E-state index is 14.1. The summed E-state index contributed by atoms with van der Waals surface area (Å²) in [7, 11) is 1.64. The van der Waals surface area contributed by atoms with E-state index in [9.17, 15) is 14.0 Å². The van der Waals surface area contributed by atoms with Crippen molar-refractivity contribution in [2.24, 2.45) is 0 Å². The molecule has 0 saturated heterocycles. The Labute approximate surface area is 164 Å². The SMILES string of the molecule is Cc1ccc(NC(=O)CN(C)CC(=O)N(CCC#N)c2ccccc2F)cc1. The number of hydrogen-bond acceptors (Lipinski definition) is 4. The minimum absolute atomic E-state index is 0.00295. The molecule has 0 spiro atoms. The van der Waals surface area contributed by atoms with Crippen LogP contribution in [0.1, 0.15) is 12.0 Å². The van der Waals surface area contributed by atoms with Crippen LogP contribution in [0.15, 0.2) is 48.5 Å². The van der Waals surface area contributed by atoms with Crippen LogP contribution in [0.2, 0.25) is 0 Å². The van der Waals surface area contributed by atoms with Gasteiger partial charge in [-0.2, -0.15) is 5.26 Å². The summed E-state index contributed by atoms with van der Waals surface area (Å²) in [6.07, 6.45) is 0.0811. The lowest BCUT2D eigenvalue weighted by Gasteiger charge is -2.25. The van der Waals surface area contributed by atoms with E-state index in [1.54, 1.807) is 30.1 Å². The minimum atomic E-state index is -0.534. The molecule has 28 heavy (non-hydrogen) atoms. The predicted molar refractivity (Wildman–Crippen MR) is 106 cm³/mol. The number of carbonyl (C=O) groups excluding carboxylic acids is 2. The Hall–Kier alpha value is -3.24. The molecule has 0 fully saturated rings. The van der Waals surface area contributed by atoms with Crippen LogP contribution in [0.5, 0.6) is 0 Å². The number of anilines is 2. The Bertz CT molecular complexity index is 861. The van der Waals surface area contributed by atoms with Gasteiger partial charge in [-0.3, -0.25) is 14.5 Å². The average Bonchev–Trinajstić information content (AvgIpc) is 2.65. The van der Waals surface area contributed by atoms with Crippen LogP contribution < -0.4 is 10.2 Å². The first kappa shape index (κ1) is 21.1. The zero-order chi connectivity index (χ0) is 20.5. The molecule has 2 rings (SSSR count). The second-order valence-electron chi connectivity index (χ2n) is 6.49. The first-order chi connectivity index (χ1) is 13.4. The van der Waals surface area contributed by atoms with Crippen molar-refractivity contribution in [3.63, 3.8) is 0 Å². The van der Waals surface area contributed by atoms with Crippen LogP contribution in [0.3, 0.4) is 0 Å². The van der Waals surface area contributed by atoms with Crippen LogP contribution in [0.25, 0.3) is 0 Å². The lowest BCUT2D eigenvalue weighted by atomic mass is 10.2. The largest absolute Gasteiger partial charge is 0.325 e. The van der Waals surface area contributed by atoms with Gasteiger partial charge >= 0.3 is 0 Å². The van der Waals surface area contributed by atoms with Crippen molar-refractivity contribution in [2.45, 2.75) is 13.3 Å².